The molecular formula is C13H17NO3. The maximum atomic E-state index is 11.4. The normalized spacial score (nSPS) is 11.9. The molecule has 92 valence electrons. The molecular weight excluding hydrogens is 218 g/mol. The lowest BCUT2D eigenvalue weighted by Crippen LogP contribution is -2.29. The topological polar surface area (TPSA) is 66.4 Å². The van der Waals surface area contributed by atoms with Gasteiger partial charge in [0.2, 0.25) is 5.91 Å². The van der Waals surface area contributed by atoms with E-state index in [2.05, 4.69) is 5.32 Å². The first kappa shape index (κ1) is 13.2. The van der Waals surface area contributed by atoms with Gasteiger partial charge < -0.3 is 10.4 Å². The minimum atomic E-state index is -1.11. The molecule has 0 saturated heterocycles. The summed E-state index contributed by atoms with van der Waals surface area (Å²) < 4.78 is 0. The van der Waals surface area contributed by atoms with Gasteiger partial charge in [-0.1, -0.05) is 36.8 Å². The zero-order chi connectivity index (χ0) is 12.8. The van der Waals surface area contributed by atoms with E-state index in [-0.39, 0.29) is 6.04 Å². The van der Waals surface area contributed by atoms with E-state index in [1.807, 2.05) is 38.1 Å². The summed E-state index contributed by atoms with van der Waals surface area (Å²) in [5.41, 5.74) is 2.15. The monoisotopic (exact) mass is 235 g/mol. The van der Waals surface area contributed by atoms with Crippen LogP contribution < -0.4 is 5.32 Å². The molecule has 0 bridgehead atoms. The molecule has 1 aromatic carbocycles. The highest BCUT2D eigenvalue weighted by atomic mass is 16.4. The molecule has 1 unspecified atom stereocenters. The van der Waals surface area contributed by atoms with Crippen molar-refractivity contribution in [1.82, 2.24) is 5.32 Å². The van der Waals surface area contributed by atoms with Crippen molar-refractivity contribution in [2.75, 3.05) is 0 Å². The molecule has 17 heavy (non-hydrogen) atoms. The molecule has 0 spiro atoms. The molecule has 0 heterocycles. The van der Waals surface area contributed by atoms with E-state index in [0.29, 0.717) is 0 Å². The Bertz CT molecular complexity index is 398. The number of carbonyl (C=O) groups excluding carboxylic acids is 1. The average molecular weight is 235 g/mol. The summed E-state index contributed by atoms with van der Waals surface area (Å²) in [5, 5.41) is 11.2. The molecule has 0 aliphatic heterocycles. The van der Waals surface area contributed by atoms with Crippen molar-refractivity contribution in [3.63, 3.8) is 0 Å². The van der Waals surface area contributed by atoms with Gasteiger partial charge in [-0.25, -0.2) is 0 Å². The van der Waals surface area contributed by atoms with Gasteiger partial charge in [0.1, 0.15) is 6.42 Å². The first-order valence-electron chi connectivity index (χ1n) is 5.60. The fourth-order valence-corrected chi connectivity index (χ4v) is 1.60. The highest BCUT2D eigenvalue weighted by molar-refractivity contribution is 5.93. The standard InChI is InChI=1S/C13H17NO3/c1-3-11(14-12(15)8-13(16)17)10-6-4-9(2)5-7-10/h4-7,11H,3,8H2,1-2H3,(H,14,15)(H,16,17). The Kier molecular flexibility index (Phi) is 4.69. The summed E-state index contributed by atoms with van der Waals surface area (Å²) in [6.07, 6.45) is 0.247. The quantitative estimate of drug-likeness (QED) is 0.767. The second-order valence-electron chi connectivity index (χ2n) is 4.01. The Hall–Kier alpha value is -1.84. The molecule has 4 nitrogen and oxygen atoms in total. The van der Waals surface area contributed by atoms with Gasteiger partial charge in [-0.05, 0) is 18.9 Å². The number of hydrogen-bond acceptors (Lipinski definition) is 2. The molecule has 2 N–H and O–H groups in total. The first-order valence-corrected chi connectivity index (χ1v) is 5.60. The van der Waals surface area contributed by atoms with Gasteiger partial charge in [0.15, 0.2) is 0 Å². The van der Waals surface area contributed by atoms with E-state index in [4.69, 9.17) is 5.11 Å². The van der Waals surface area contributed by atoms with Crippen LogP contribution in [0.25, 0.3) is 0 Å². The predicted octanol–water partition coefficient (Wildman–Crippen LogP) is 2.04. The molecule has 0 aliphatic carbocycles. The SMILES string of the molecule is CCC(NC(=O)CC(=O)O)c1ccc(C)cc1. The maximum Gasteiger partial charge on any atom is 0.312 e. The smallest absolute Gasteiger partial charge is 0.312 e. The van der Waals surface area contributed by atoms with E-state index >= 15 is 0 Å². The van der Waals surface area contributed by atoms with Crippen molar-refractivity contribution in [2.45, 2.75) is 32.7 Å². The fraction of sp³-hybridized carbons (Fsp3) is 0.385. The third-order valence-electron chi connectivity index (χ3n) is 2.53. The molecule has 0 aromatic heterocycles. The first-order chi connectivity index (χ1) is 8.02. The van der Waals surface area contributed by atoms with E-state index in [1.165, 1.54) is 0 Å². The maximum absolute atomic E-state index is 11.4. The lowest BCUT2D eigenvalue weighted by atomic mass is 10.0. The van der Waals surface area contributed by atoms with Gasteiger partial charge in [0, 0.05) is 0 Å². The lowest BCUT2D eigenvalue weighted by Gasteiger charge is -2.17. The van der Waals surface area contributed by atoms with Crippen LogP contribution in [0.5, 0.6) is 0 Å². The van der Waals surface area contributed by atoms with Crippen LogP contribution in [-0.4, -0.2) is 17.0 Å². The van der Waals surface area contributed by atoms with Crippen LogP contribution in [0.4, 0.5) is 0 Å². The minimum Gasteiger partial charge on any atom is -0.481 e. The van der Waals surface area contributed by atoms with Crippen LogP contribution >= 0.6 is 0 Å². The van der Waals surface area contributed by atoms with Crippen molar-refractivity contribution >= 4 is 11.9 Å². The molecule has 1 atom stereocenters. The zero-order valence-electron chi connectivity index (χ0n) is 10.1. The Morgan fingerprint density at radius 3 is 2.35 bits per heavy atom. The van der Waals surface area contributed by atoms with Gasteiger partial charge in [-0.3, -0.25) is 9.59 Å². The number of aliphatic carboxylic acids is 1. The number of nitrogens with one attached hydrogen (secondary N) is 1. The highest BCUT2D eigenvalue weighted by Gasteiger charge is 2.14. The van der Waals surface area contributed by atoms with Gasteiger partial charge in [-0.15, -0.1) is 0 Å². The van der Waals surface area contributed by atoms with E-state index in [1.54, 1.807) is 0 Å². The van der Waals surface area contributed by atoms with Crippen LogP contribution in [-0.2, 0) is 9.59 Å². The molecule has 0 radical (unpaired) electrons. The molecule has 0 saturated carbocycles. The average Bonchev–Trinajstić information content (AvgIpc) is 2.26. The Morgan fingerprint density at radius 2 is 1.88 bits per heavy atom. The van der Waals surface area contributed by atoms with Crippen molar-refractivity contribution < 1.29 is 14.7 Å². The molecule has 0 aliphatic rings. The second kappa shape index (κ2) is 6.03. The molecule has 1 aromatic rings. The van der Waals surface area contributed by atoms with E-state index in [0.717, 1.165) is 17.5 Å². The summed E-state index contributed by atoms with van der Waals surface area (Å²) >= 11 is 0. The van der Waals surface area contributed by atoms with Gasteiger partial charge in [0.25, 0.3) is 0 Å². The van der Waals surface area contributed by atoms with Gasteiger partial charge >= 0.3 is 5.97 Å². The number of carbonyl (C=O) groups is 2. The summed E-state index contributed by atoms with van der Waals surface area (Å²) in [6.45, 7) is 3.94. The van der Waals surface area contributed by atoms with E-state index < -0.39 is 18.3 Å². The molecule has 1 amide bonds. The number of aryl methyl sites for hydroxylation is 1. The highest BCUT2D eigenvalue weighted by Crippen LogP contribution is 2.17. The Labute approximate surface area is 101 Å². The number of amides is 1. The number of rotatable bonds is 5. The molecule has 1 rings (SSSR count). The van der Waals surface area contributed by atoms with Gasteiger partial charge in [0.05, 0.1) is 6.04 Å². The minimum absolute atomic E-state index is 0.123. The third kappa shape index (κ3) is 4.26. The van der Waals surface area contributed by atoms with Crippen LogP contribution in [0.15, 0.2) is 24.3 Å². The Morgan fingerprint density at radius 1 is 1.29 bits per heavy atom. The van der Waals surface area contributed by atoms with Crippen LogP contribution in [0.3, 0.4) is 0 Å². The van der Waals surface area contributed by atoms with Crippen LogP contribution in [0.1, 0.15) is 36.9 Å². The predicted molar refractivity (Wildman–Crippen MR) is 64.6 cm³/mol. The molecule has 0 fully saturated rings. The number of carboxylic acid groups (broad SMARTS) is 1. The number of hydrogen-bond donors (Lipinski definition) is 2. The summed E-state index contributed by atoms with van der Waals surface area (Å²) in [7, 11) is 0. The van der Waals surface area contributed by atoms with Crippen LogP contribution in [0.2, 0.25) is 0 Å². The fourth-order valence-electron chi connectivity index (χ4n) is 1.60. The number of benzene rings is 1. The number of carboxylic acids is 1. The largest absolute Gasteiger partial charge is 0.481 e. The summed E-state index contributed by atoms with van der Waals surface area (Å²) in [4.78, 5) is 21.8. The van der Waals surface area contributed by atoms with Gasteiger partial charge in [-0.2, -0.15) is 0 Å². The zero-order valence-corrected chi connectivity index (χ0v) is 10.1. The third-order valence-corrected chi connectivity index (χ3v) is 2.53. The summed E-state index contributed by atoms with van der Waals surface area (Å²) in [5.74, 6) is -1.56. The van der Waals surface area contributed by atoms with Crippen molar-refractivity contribution in [3.8, 4) is 0 Å². The summed E-state index contributed by atoms with van der Waals surface area (Å²) in [6, 6.07) is 7.72. The van der Waals surface area contributed by atoms with Crippen molar-refractivity contribution in [1.29, 1.82) is 0 Å². The van der Waals surface area contributed by atoms with E-state index in [9.17, 15) is 9.59 Å². The van der Waals surface area contributed by atoms with Crippen molar-refractivity contribution in [3.05, 3.63) is 35.4 Å². The van der Waals surface area contributed by atoms with Crippen molar-refractivity contribution in [2.24, 2.45) is 0 Å². The second-order valence-corrected chi connectivity index (χ2v) is 4.01. The lowest BCUT2D eigenvalue weighted by molar-refractivity contribution is -0.140. The molecule has 4 heteroatoms. The van der Waals surface area contributed by atoms with Crippen LogP contribution in [0, 0.1) is 6.92 Å². The Balaban J connectivity index is 2.68.